The molecule has 0 radical (unpaired) electrons. The van der Waals surface area contributed by atoms with Gasteiger partial charge in [0.15, 0.2) is 0 Å². The van der Waals surface area contributed by atoms with Crippen LogP contribution in [0, 0.1) is 13.8 Å². The summed E-state index contributed by atoms with van der Waals surface area (Å²) in [6, 6.07) is 13.5. The van der Waals surface area contributed by atoms with E-state index in [4.69, 9.17) is 0 Å². The van der Waals surface area contributed by atoms with Gasteiger partial charge in [-0.2, -0.15) is 0 Å². The fraction of sp³-hybridized carbons (Fsp3) is 0.238. The van der Waals surface area contributed by atoms with Crippen LogP contribution in [0.1, 0.15) is 41.6 Å². The van der Waals surface area contributed by atoms with Crippen molar-refractivity contribution in [2.75, 3.05) is 5.32 Å². The van der Waals surface area contributed by atoms with Crippen molar-refractivity contribution in [2.45, 2.75) is 33.2 Å². The van der Waals surface area contributed by atoms with Crippen molar-refractivity contribution in [1.82, 2.24) is 4.90 Å². The zero-order valence-corrected chi connectivity index (χ0v) is 14.7. The lowest BCUT2D eigenvalue weighted by molar-refractivity contribution is -0.129. The number of anilines is 1. The van der Waals surface area contributed by atoms with Gasteiger partial charge in [-0.05, 0) is 42.2 Å². The van der Waals surface area contributed by atoms with Crippen molar-refractivity contribution in [3.8, 4) is 0 Å². The predicted octanol–water partition coefficient (Wildman–Crippen LogP) is 4.21. The molecule has 2 aromatic carbocycles. The van der Waals surface area contributed by atoms with E-state index in [0.29, 0.717) is 0 Å². The lowest BCUT2D eigenvalue weighted by Crippen LogP contribution is -2.33. The number of nitrogens with one attached hydrogen (secondary N) is 1. The standard InChI is InChI=1S/C21H22N2O2/c1-14-7-6-8-15(2)21(14)22-20(25)13-19-18-10-5-4-9-17(18)11-12-23(19)16(3)24/h4-12,19H,13H2,1-3H3,(H,22,25)/t19-/m1/s1. The minimum absolute atomic E-state index is 0.0735. The maximum absolute atomic E-state index is 12.7. The van der Waals surface area contributed by atoms with Crippen molar-refractivity contribution < 1.29 is 9.59 Å². The van der Waals surface area contributed by atoms with Gasteiger partial charge >= 0.3 is 0 Å². The number of rotatable bonds is 3. The third kappa shape index (κ3) is 3.48. The number of hydrogen-bond donors (Lipinski definition) is 1. The van der Waals surface area contributed by atoms with Crippen LogP contribution in [0.15, 0.2) is 48.7 Å². The molecule has 0 saturated carbocycles. The Morgan fingerprint density at radius 3 is 2.40 bits per heavy atom. The van der Waals surface area contributed by atoms with Crippen molar-refractivity contribution in [1.29, 1.82) is 0 Å². The molecule has 4 heteroatoms. The number of para-hydroxylation sites is 1. The molecule has 128 valence electrons. The van der Waals surface area contributed by atoms with Crippen LogP contribution in [0.4, 0.5) is 5.69 Å². The van der Waals surface area contributed by atoms with Gasteiger partial charge in [0.05, 0.1) is 12.5 Å². The van der Waals surface area contributed by atoms with Gasteiger partial charge in [0, 0.05) is 18.8 Å². The first kappa shape index (κ1) is 17.0. The Morgan fingerprint density at radius 1 is 1.04 bits per heavy atom. The zero-order chi connectivity index (χ0) is 18.0. The van der Waals surface area contributed by atoms with E-state index in [0.717, 1.165) is 27.9 Å². The maximum atomic E-state index is 12.7. The number of aryl methyl sites for hydroxylation is 2. The van der Waals surface area contributed by atoms with Gasteiger partial charge in [-0.1, -0.05) is 42.5 Å². The summed E-state index contributed by atoms with van der Waals surface area (Å²) in [7, 11) is 0. The average molecular weight is 334 g/mol. The first-order valence-corrected chi connectivity index (χ1v) is 8.39. The van der Waals surface area contributed by atoms with Crippen LogP contribution in [0.25, 0.3) is 6.08 Å². The van der Waals surface area contributed by atoms with E-state index in [1.54, 1.807) is 11.1 Å². The molecule has 1 aliphatic rings. The van der Waals surface area contributed by atoms with Crippen molar-refractivity contribution >= 4 is 23.6 Å². The molecule has 0 saturated heterocycles. The summed E-state index contributed by atoms with van der Waals surface area (Å²) in [5, 5.41) is 3.02. The molecule has 3 rings (SSSR count). The van der Waals surface area contributed by atoms with Crippen LogP contribution >= 0.6 is 0 Å². The minimum atomic E-state index is -0.289. The van der Waals surface area contributed by atoms with E-state index in [-0.39, 0.29) is 24.3 Å². The van der Waals surface area contributed by atoms with E-state index < -0.39 is 0 Å². The molecule has 0 fully saturated rings. The summed E-state index contributed by atoms with van der Waals surface area (Å²) in [4.78, 5) is 26.3. The second-order valence-electron chi connectivity index (χ2n) is 6.41. The van der Waals surface area contributed by atoms with E-state index in [1.807, 2.05) is 62.4 Å². The SMILES string of the molecule is CC(=O)N1C=Cc2ccccc2[C@H]1CC(=O)Nc1c(C)cccc1C. The quantitative estimate of drug-likeness (QED) is 0.914. The highest BCUT2D eigenvalue weighted by Gasteiger charge is 2.28. The van der Waals surface area contributed by atoms with E-state index >= 15 is 0 Å². The average Bonchev–Trinajstić information content (AvgIpc) is 2.58. The summed E-state index contributed by atoms with van der Waals surface area (Å²) in [5.74, 6) is -0.172. The minimum Gasteiger partial charge on any atom is -0.326 e. The van der Waals surface area contributed by atoms with Crippen molar-refractivity contribution in [3.05, 3.63) is 70.9 Å². The molecule has 4 nitrogen and oxygen atoms in total. The number of carbonyl (C=O) groups is 2. The van der Waals surface area contributed by atoms with Crippen LogP contribution in [-0.2, 0) is 9.59 Å². The number of fused-ring (bicyclic) bond motifs is 1. The van der Waals surface area contributed by atoms with Gasteiger partial charge in [-0.25, -0.2) is 0 Å². The van der Waals surface area contributed by atoms with Gasteiger partial charge in [0.1, 0.15) is 0 Å². The lowest BCUT2D eigenvalue weighted by Gasteiger charge is -2.32. The first-order chi connectivity index (χ1) is 12.0. The summed E-state index contributed by atoms with van der Waals surface area (Å²) in [6.45, 7) is 5.47. The third-order valence-electron chi connectivity index (χ3n) is 4.59. The Kier molecular flexibility index (Phi) is 4.70. The third-order valence-corrected chi connectivity index (χ3v) is 4.59. The molecule has 2 aromatic rings. The van der Waals surface area contributed by atoms with Crippen molar-refractivity contribution in [2.24, 2.45) is 0 Å². The van der Waals surface area contributed by atoms with Gasteiger partial charge in [-0.15, -0.1) is 0 Å². The summed E-state index contributed by atoms with van der Waals surface area (Å²) >= 11 is 0. The Balaban J connectivity index is 1.85. The topological polar surface area (TPSA) is 49.4 Å². The monoisotopic (exact) mass is 334 g/mol. The van der Waals surface area contributed by atoms with Gasteiger partial charge in [0.2, 0.25) is 11.8 Å². The van der Waals surface area contributed by atoms with Crippen molar-refractivity contribution in [3.63, 3.8) is 0 Å². The molecule has 1 heterocycles. The fourth-order valence-corrected chi connectivity index (χ4v) is 3.29. The number of carbonyl (C=O) groups excluding carboxylic acids is 2. The van der Waals surface area contributed by atoms with Crippen LogP contribution in [0.5, 0.6) is 0 Å². The Hall–Kier alpha value is -2.88. The second-order valence-corrected chi connectivity index (χ2v) is 6.41. The van der Waals surface area contributed by atoms with Gasteiger partial charge in [-0.3, -0.25) is 9.59 Å². The Labute approximate surface area is 148 Å². The molecule has 0 aromatic heterocycles. The predicted molar refractivity (Wildman–Crippen MR) is 99.9 cm³/mol. The summed E-state index contributed by atoms with van der Waals surface area (Å²) in [6.07, 6.45) is 3.90. The normalized spacial score (nSPS) is 15.6. The van der Waals surface area contributed by atoms with Gasteiger partial charge < -0.3 is 10.2 Å². The van der Waals surface area contributed by atoms with Crippen LogP contribution < -0.4 is 5.32 Å². The fourth-order valence-electron chi connectivity index (χ4n) is 3.29. The number of hydrogen-bond acceptors (Lipinski definition) is 2. The van der Waals surface area contributed by atoms with E-state index in [2.05, 4.69) is 5.32 Å². The summed E-state index contributed by atoms with van der Waals surface area (Å²) < 4.78 is 0. The highest BCUT2D eigenvalue weighted by atomic mass is 16.2. The van der Waals surface area contributed by atoms with E-state index in [1.165, 1.54) is 6.92 Å². The molecule has 1 atom stereocenters. The smallest absolute Gasteiger partial charge is 0.226 e. The first-order valence-electron chi connectivity index (χ1n) is 8.39. The zero-order valence-electron chi connectivity index (χ0n) is 14.7. The molecule has 0 spiro atoms. The molecule has 1 aliphatic heterocycles. The maximum Gasteiger partial charge on any atom is 0.226 e. The molecule has 0 bridgehead atoms. The molecule has 2 amide bonds. The number of benzene rings is 2. The van der Waals surface area contributed by atoms with E-state index in [9.17, 15) is 9.59 Å². The van der Waals surface area contributed by atoms with Gasteiger partial charge in [0.25, 0.3) is 0 Å². The van der Waals surface area contributed by atoms with Crippen LogP contribution in [-0.4, -0.2) is 16.7 Å². The highest BCUT2D eigenvalue weighted by Crippen LogP contribution is 2.33. The van der Waals surface area contributed by atoms with Crippen LogP contribution in [0.3, 0.4) is 0 Å². The molecule has 25 heavy (non-hydrogen) atoms. The Morgan fingerprint density at radius 2 is 1.72 bits per heavy atom. The highest BCUT2D eigenvalue weighted by molar-refractivity contribution is 5.93. The molecular formula is C21H22N2O2. The number of nitrogens with zero attached hydrogens (tertiary/aromatic N) is 1. The Bertz CT molecular complexity index is 834. The number of amides is 2. The van der Waals surface area contributed by atoms with Crippen LogP contribution in [0.2, 0.25) is 0 Å². The summed E-state index contributed by atoms with van der Waals surface area (Å²) in [5.41, 5.74) is 4.95. The lowest BCUT2D eigenvalue weighted by atomic mass is 9.93. The second kappa shape index (κ2) is 6.93. The molecular weight excluding hydrogens is 312 g/mol. The molecule has 0 aliphatic carbocycles. The molecule has 1 N–H and O–H groups in total. The molecule has 0 unspecified atom stereocenters. The largest absolute Gasteiger partial charge is 0.326 e.